The Bertz CT molecular complexity index is 843. The van der Waals surface area contributed by atoms with Gasteiger partial charge >= 0.3 is 0 Å². The molecule has 1 N–H and O–H groups in total. The van der Waals surface area contributed by atoms with Crippen LogP contribution in [0.2, 0.25) is 0 Å². The minimum absolute atomic E-state index is 0.183. The molecular formula is C15H11BrN2O2. The predicted molar refractivity (Wildman–Crippen MR) is 82.1 cm³/mol. The van der Waals surface area contributed by atoms with E-state index in [0.717, 1.165) is 26.9 Å². The summed E-state index contributed by atoms with van der Waals surface area (Å²) in [5.74, 6) is 0.752. The normalized spacial score (nSPS) is 10.7. The third kappa shape index (κ3) is 2.10. The number of nitrogens with one attached hydrogen (secondary N) is 1. The zero-order valence-electron chi connectivity index (χ0n) is 10.7. The van der Waals surface area contributed by atoms with Gasteiger partial charge in [0.25, 0.3) is 5.56 Å². The average Bonchev–Trinajstić information content (AvgIpc) is 2.48. The number of H-pyrrole nitrogens is 1. The van der Waals surface area contributed by atoms with Gasteiger partial charge in [0.05, 0.1) is 22.7 Å². The molecule has 0 aliphatic carbocycles. The Morgan fingerprint density at radius 1 is 1.15 bits per heavy atom. The van der Waals surface area contributed by atoms with Crippen molar-refractivity contribution in [3.05, 3.63) is 57.3 Å². The molecule has 0 saturated heterocycles. The summed E-state index contributed by atoms with van der Waals surface area (Å²) in [6.07, 6.45) is 0. The van der Waals surface area contributed by atoms with Gasteiger partial charge in [0.2, 0.25) is 0 Å². The smallest absolute Gasteiger partial charge is 0.272 e. The largest absolute Gasteiger partial charge is 0.496 e. The minimum atomic E-state index is -0.183. The SMILES string of the molecule is COc1ccc(-c2n[nH]c(=O)c3ccccc23)cc1Br. The van der Waals surface area contributed by atoms with E-state index in [-0.39, 0.29) is 5.56 Å². The molecule has 0 unspecified atom stereocenters. The number of benzene rings is 2. The first-order valence-corrected chi connectivity index (χ1v) is 6.81. The summed E-state index contributed by atoms with van der Waals surface area (Å²) in [6, 6.07) is 13.1. The van der Waals surface area contributed by atoms with Crippen molar-refractivity contribution in [3.8, 4) is 17.0 Å². The highest BCUT2D eigenvalue weighted by molar-refractivity contribution is 9.10. The number of rotatable bonds is 2. The molecule has 0 fully saturated rings. The third-order valence-corrected chi connectivity index (χ3v) is 3.74. The molecule has 3 rings (SSSR count). The molecule has 100 valence electrons. The molecule has 1 aromatic heterocycles. The molecule has 0 aliphatic heterocycles. The number of nitrogens with zero attached hydrogens (tertiary/aromatic N) is 1. The molecular weight excluding hydrogens is 320 g/mol. The van der Waals surface area contributed by atoms with Crippen molar-refractivity contribution >= 4 is 26.7 Å². The van der Waals surface area contributed by atoms with Gasteiger partial charge in [-0.1, -0.05) is 18.2 Å². The maximum atomic E-state index is 11.8. The molecule has 0 amide bonds. The lowest BCUT2D eigenvalue weighted by Gasteiger charge is -2.08. The van der Waals surface area contributed by atoms with Gasteiger partial charge in [-0.3, -0.25) is 4.79 Å². The molecule has 0 atom stereocenters. The Morgan fingerprint density at radius 3 is 2.60 bits per heavy atom. The van der Waals surface area contributed by atoms with Gasteiger partial charge in [-0.25, -0.2) is 5.10 Å². The highest BCUT2D eigenvalue weighted by Gasteiger charge is 2.10. The fourth-order valence-electron chi connectivity index (χ4n) is 2.15. The van der Waals surface area contributed by atoms with Gasteiger partial charge in [-0.2, -0.15) is 5.10 Å². The molecule has 2 aromatic carbocycles. The number of ether oxygens (including phenoxy) is 1. The van der Waals surface area contributed by atoms with Gasteiger partial charge in [-0.05, 0) is 40.2 Å². The zero-order chi connectivity index (χ0) is 14.1. The summed E-state index contributed by atoms with van der Waals surface area (Å²) in [6.45, 7) is 0. The van der Waals surface area contributed by atoms with E-state index in [2.05, 4.69) is 26.1 Å². The van der Waals surface area contributed by atoms with E-state index in [4.69, 9.17) is 4.74 Å². The monoisotopic (exact) mass is 330 g/mol. The van der Waals surface area contributed by atoms with Crippen LogP contribution in [-0.2, 0) is 0 Å². The summed E-state index contributed by atoms with van der Waals surface area (Å²) in [7, 11) is 1.62. The van der Waals surface area contributed by atoms with E-state index in [1.165, 1.54) is 0 Å². The third-order valence-electron chi connectivity index (χ3n) is 3.12. The minimum Gasteiger partial charge on any atom is -0.496 e. The van der Waals surface area contributed by atoms with Gasteiger partial charge in [0.15, 0.2) is 0 Å². The maximum Gasteiger partial charge on any atom is 0.272 e. The molecule has 4 nitrogen and oxygen atoms in total. The number of methoxy groups -OCH3 is 1. The van der Waals surface area contributed by atoms with Gasteiger partial charge in [-0.15, -0.1) is 0 Å². The van der Waals surface area contributed by atoms with Crippen LogP contribution in [0.4, 0.5) is 0 Å². The van der Waals surface area contributed by atoms with Crippen LogP contribution >= 0.6 is 15.9 Å². The predicted octanol–water partition coefficient (Wildman–Crippen LogP) is 3.36. The number of halogens is 1. The van der Waals surface area contributed by atoms with E-state index < -0.39 is 0 Å². The summed E-state index contributed by atoms with van der Waals surface area (Å²) in [4.78, 5) is 11.8. The van der Waals surface area contributed by atoms with Crippen molar-refractivity contribution < 1.29 is 4.74 Å². The first kappa shape index (κ1) is 12.9. The van der Waals surface area contributed by atoms with Crippen molar-refractivity contribution in [1.29, 1.82) is 0 Å². The van der Waals surface area contributed by atoms with Crippen molar-refractivity contribution in [3.63, 3.8) is 0 Å². The fourth-order valence-corrected chi connectivity index (χ4v) is 2.69. The first-order chi connectivity index (χ1) is 9.70. The molecule has 0 aliphatic rings. The second-order valence-corrected chi connectivity index (χ2v) is 5.15. The standard InChI is InChI=1S/C15H11BrN2O2/c1-20-13-7-6-9(8-12(13)16)14-10-4-2-3-5-11(10)15(19)18-17-14/h2-8H,1H3,(H,18,19). The molecule has 3 aromatic rings. The molecule has 0 radical (unpaired) electrons. The van der Waals surface area contributed by atoms with Crippen LogP contribution in [0.3, 0.4) is 0 Å². The lowest BCUT2D eigenvalue weighted by atomic mass is 10.1. The number of hydrogen-bond acceptors (Lipinski definition) is 3. The molecule has 0 spiro atoms. The molecule has 1 heterocycles. The summed E-state index contributed by atoms with van der Waals surface area (Å²) in [5, 5.41) is 8.17. The van der Waals surface area contributed by atoms with Crippen molar-refractivity contribution in [2.75, 3.05) is 7.11 Å². The van der Waals surface area contributed by atoms with E-state index in [0.29, 0.717) is 5.39 Å². The van der Waals surface area contributed by atoms with Crippen LogP contribution in [-0.4, -0.2) is 17.3 Å². The van der Waals surface area contributed by atoms with E-state index in [1.807, 2.05) is 36.4 Å². The van der Waals surface area contributed by atoms with E-state index >= 15 is 0 Å². The van der Waals surface area contributed by atoms with Crippen LogP contribution in [0.15, 0.2) is 51.7 Å². The summed E-state index contributed by atoms with van der Waals surface area (Å²) < 4.78 is 6.06. The van der Waals surface area contributed by atoms with Crippen molar-refractivity contribution in [2.45, 2.75) is 0 Å². The molecule has 0 bridgehead atoms. The second kappa shape index (κ2) is 5.09. The number of aromatic nitrogens is 2. The Balaban J connectivity index is 2.27. The van der Waals surface area contributed by atoms with Gasteiger partial charge < -0.3 is 4.74 Å². The van der Waals surface area contributed by atoms with E-state index in [9.17, 15) is 4.79 Å². The lowest BCUT2D eigenvalue weighted by Crippen LogP contribution is -2.09. The van der Waals surface area contributed by atoms with Crippen LogP contribution in [0.5, 0.6) is 5.75 Å². The van der Waals surface area contributed by atoms with Crippen LogP contribution < -0.4 is 10.3 Å². The van der Waals surface area contributed by atoms with Gasteiger partial charge in [0.1, 0.15) is 5.75 Å². The topological polar surface area (TPSA) is 55.0 Å². The van der Waals surface area contributed by atoms with E-state index in [1.54, 1.807) is 13.2 Å². The Morgan fingerprint density at radius 2 is 1.90 bits per heavy atom. The van der Waals surface area contributed by atoms with Crippen LogP contribution in [0, 0.1) is 0 Å². The maximum absolute atomic E-state index is 11.8. The number of hydrogen-bond donors (Lipinski definition) is 1. The Hall–Kier alpha value is -2.14. The van der Waals surface area contributed by atoms with Crippen molar-refractivity contribution in [1.82, 2.24) is 10.2 Å². The second-order valence-electron chi connectivity index (χ2n) is 4.30. The summed E-state index contributed by atoms with van der Waals surface area (Å²) in [5.41, 5.74) is 1.46. The van der Waals surface area contributed by atoms with Crippen LogP contribution in [0.1, 0.15) is 0 Å². The molecule has 20 heavy (non-hydrogen) atoms. The lowest BCUT2D eigenvalue weighted by molar-refractivity contribution is 0.412. The molecule has 5 heteroatoms. The fraction of sp³-hybridized carbons (Fsp3) is 0.0667. The first-order valence-electron chi connectivity index (χ1n) is 6.02. The summed E-state index contributed by atoms with van der Waals surface area (Å²) >= 11 is 3.46. The number of fused-ring (bicyclic) bond motifs is 1. The quantitative estimate of drug-likeness (QED) is 0.783. The highest BCUT2D eigenvalue weighted by Crippen LogP contribution is 2.31. The Kier molecular flexibility index (Phi) is 3.28. The average molecular weight is 331 g/mol. The van der Waals surface area contributed by atoms with Crippen LogP contribution in [0.25, 0.3) is 22.0 Å². The zero-order valence-corrected chi connectivity index (χ0v) is 12.3. The highest BCUT2D eigenvalue weighted by atomic mass is 79.9. The molecule has 0 saturated carbocycles. The van der Waals surface area contributed by atoms with Gasteiger partial charge in [0, 0.05) is 10.9 Å². The Labute approximate surface area is 123 Å². The van der Waals surface area contributed by atoms with Crippen molar-refractivity contribution in [2.24, 2.45) is 0 Å². The number of aromatic amines is 1.